The molecule has 1 aliphatic rings. The quantitative estimate of drug-likeness (QED) is 0.190. The maximum atomic E-state index is 14.0. The van der Waals surface area contributed by atoms with Gasteiger partial charge in [0.2, 0.25) is 0 Å². The van der Waals surface area contributed by atoms with E-state index in [1.807, 2.05) is 47.1 Å². The van der Waals surface area contributed by atoms with E-state index in [2.05, 4.69) is 69.2 Å². The number of hydrogen-bond donors (Lipinski definition) is 0. The molecule has 0 aliphatic heterocycles. The van der Waals surface area contributed by atoms with Gasteiger partial charge in [-0.1, -0.05) is 68.1 Å². The molecule has 1 unspecified atom stereocenters. The minimum Gasteiger partial charge on any atom is -0.342 e. The van der Waals surface area contributed by atoms with Crippen molar-refractivity contribution in [3.05, 3.63) is 147 Å². The first-order chi connectivity index (χ1) is 18.9. The number of nitrogens with zero attached hydrogens (tertiary/aromatic N) is 2. The highest BCUT2D eigenvalue weighted by Crippen LogP contribution is 2.32. The van der Waals surface area contributed by atoms with Crippen molar-refractivity contribution in [2.45, 2.75) is 38.9 Å². The number of alkyl halides is 1. The molecule has 202 valence electrons. The Morgan fingerprint density at radius 2 is 1.67 bits per heavy atom. The lowest BCUT2D eigenvalue weighted by molar-refractivity contribution is 0.403. The summed E-state index contributed by atoms with van der Waals surface area (Å²) >= 11 is 0. The Balaban J connectivity index is 1.91. The Morgan fingerprint density at radius 3 is 2.21 bits per heavy atom. The second-order valence-corrected chi connectivity index (χ2v) is 9.52. The molecule has 0 spiro atoms. The number of benzene rings is 2. The molecule has 0 aromatic heterocycles. The van der Waals surface area contributed by atoms with E-state index in [-0.39, 0.29) is 12.5 Å². The van der Waals surface area contributed by atoms with Crippen molar-refractivity contribution < 1.29 is 8.78 Å². The fourth-order valence-corrected chi connectivity index (χ4v) is 4.43. The van der Waals surface area contributed by atoms with Crippen LogP contribution >= 0.6 is 0 Å². The van der Waals surface area contributed by atoms with E-state index >= 15 is 0 Å². The van der Waals surface area contributed by atoms with Gasteiger partial charge in [0.25, 0.3) is 0 Å². The van der Waals surface area contributed by atoms with Gasteiger partial charge in [-0.25, -0.2) is 8.78 Å². The summed E-state index contributed by atoms with van der Waals surface area (Å²) in [4.78, 5) is 4.02. The van der Waals surface area contributed by atoms with E-state index in [0.717, 1.165) is 34.6 Å². The van der Waals surface area contributed by atoms with Crippen LogP contribution in [0.1, 0.15) is 26.7 Å². The number of rotatable bonds is 13. The Kier molecular flexibility index (Phi) is 11.1. The van der Waals surface area contributed by atoms with Crippen LogP contribution in [0, 0.1) is 5.92 Å². The van der Waals surface area contributed by atoms with Gasteiger partial charge in [0.15, 0.2) is 0 Å². The lowest BCUT2D eigenvalue weighted by Crippen LogP contribution is -2.26. The predicted molar refractivity (Wildman–Crippen MR) is 165 cm³/mol. The van der Waals surface area contributed by atoms with Gasteiger partial charge in [-0.05, 0) is 85.4 Å². The van der Waals surface area contributed by atoms with Crippen LogP contribution in [0.2, 0.25) is 0 Å². The number of halogens is 2. The van der Waals surface area contributed by atoms with Gasteiger partial charge in [-0.15, -0.1) is 13.2 Å². The van der Waals surface area contributed by atoms with Gasteiger partial charge >= 0.3 is 0 Å². The molecule has 3 rings (SSSR count). The summed E-state index contributed by atoms with van der Waals surface area (Å²) < 4.78 is 27.3. The second-order valence-electron chi connectivity index (χ2n) is 9.52. The van der Waals surface area contributed by atoms with Gasteiger partial charge in [-0.2, -0.15) is 0 Å². The molecule has 1 aliphatic carbocycles. The number of anilines is 2. The maximum Gasteiger partial charge on any atom is 0.123 e. The van der Waals surface area contributed by atoms with Crippen LogP contribution in [0.5, 0.6) is 0 Å². The summed E-state index contributed by atoms with van der Waals surface area (Å²) in [6.07, 6.45) is 18.8. The van der Waals surface area contributed by atoms with Crippen molar-refractivity contribution in [2.75, 3.05) is 9.80 Å². The second kappa shape index (κ2) is 14.7. The molecule has 2 aromatic carbocycles. The fourth-order valence-electron chi connectivity index (χ4n) is 4.43. The van der Waals surface area contributed by atoms with Crippen molar-refractivity contribution in [3.8, 4) is 11.1 Å². The molecule has 0 amide bonds. The van der Waals surface area contributed by atoms with Crippen LogP contribution in [-0.2, 0) is 0 Å². The SMILES string of the molecule is C=C/C=C(\C=C\F)N(C1=CC(C)CC=C1)c1ccc(-c2ccc(N(/C=C/[C@@H](F)CC=C)[C@@H](C)C=C)cc2)cc1. The Labute approximate surface area is 232 Å². The largest absolute Gasteiger partial charge is 0.342 e. The van der Waals surface area contributed by atoms with Crippen LogP contribution in [0.15, 0.2) is 147 Å². The molecule has 39 heavy (non-hydrogen) atoms. The average Bonchev–Trinajstić information content (AvgIpc) is 2.94. The van der Waals surface area contributed by atoms with Crippen LogP contribution in [-0.4, -0.2) is 12.2 Å². The molecule has 4 heteroatoms. The average molecular weight is 525 g/mol. The lowest BCUT2D eigenvalue weighted by atomic mass is 9.99. The zero-order valence-electron chi connectivity index (χ0n) is 22.9. The monoisotopic (exact) mass is 524 g/mol. The van der Waals surface area contributed by atoms with Gasteiger partial charge in [-0.3, -0.25) is 0 Å². The molecule has 0 saturated heterocycles. The molecule has 2 aromatic rings. The molecule has 0 heterocycles. The highest BCUT2D eigenvalue weighted by Gasteiger charge is 2.17. The van der Waals surface area contributed by atoms with E-state index < -0.39 is 6.17 Å². The standard InChI is InChI=1S/C35H38F2N2/c1-6-10-31(37)23-25-38(28(5)8-3)32-18-14-29(15-19-32)30-16-20-34(21-17-30)39(33(11-7-2)22-24-36)35-13-9-12-27(4)26-35/h6-9,11,13-28,31H,1-3,10,12H2,4-5H3/b24-22+,25-23+,33-11+/t27?,28-,31-/m0/s1. The minimum atomic E-state index is -1.08. The molecular weight excluding hydrogens is 486 g/mol. The van der Waals surface area contributed by atoms with Crippen LogP contribution in [0.25, 0.3) is 11.1 Å². The number of allylic oxidation sites excluding steroid dienone is 8. The number of hydrogen-bond acceptors (Lipinski definition) is 2. The van der Waals surface area contributed by atoms with Crippen molar-refractivity contribution >= 4 is 11.4 Å². The van der Waals surface area contributed by atoms with Gasteiger partial charge < -0.3 is 9.80 Å². The van der Waals surface area contributed by atoms with E-state index in [0.29, 0.717) is 17.9 Å². The molecular formula is C35H38F2N2. The third-order valence-electron chi connectivity index (χ3n) is 6.54. The maximum absolute atomic E-state index is 14.0. The first-order valence-electron chi connectivity index (χ1n) is 13.2. The van der Waals surface area contributed by atoms with Crippen molar-refractivity contribution in [1.82, 2.24) is 0 Å². The third kappa shape index (κ3) is 7.90. The van der Waals surface area contributed by atoms with Crippen LogP contribution < -0.4 is 9.80 Å². The molecule has 3 atom stereocenters. The van der Waals surface area contributed by atoms with Crippen molar-refractivity contribution in [1.29, 1.82) is 0 Å². The van der Waals surface area contributed by atoms with Gasteiger partial charge in [0.05, 0.1) is 6.33 Å². The van der Waals surface area contributed by atoms with Crippen LogP contribution in [0.4, 0.5) is 20.2 Å². The summed E-state index contributed by atoms with van der Waals surface area (Å²) in [6, 6.07) is 16.4. The summed E-state index contributed by atoms with van der Waals surface area (Å²) in [5.41, 5.74) is 5.64. The van der Waals surface area contributed by atoms with Gasteiger partial charge in [0.1, 0.15) is 6.17 Å². The molecule has 0 N–H and O–H groups in total. The Morgan fingerprint density at radius 1 is 1.03 bits per heavy atom. The summed E-state index contributed by atoms with van der Waals surface area (Å²) in [6.45, 7) is 15.5. The first kappa shape index (κ1) is 29.4. The van der Waals surface area contributed by atoms with E-state index in [1.165, 1.54) is 6.08 Å². The highest BCUT2D eigenvalue weighted by molar-refractivity contribution is 5.71. The van der Waals surface area contributed by atoms with Gasteiger partial charge in [0, 0.05) is 35.0 Å². The molecule has 0 radical (unpaired) electrons. The zero-order valence-corrected chi connectivity index (χ0v) is 22.9. The molecule has 2 nitrogen and oxygen atoms in total. The third-order valence-corrected chi connectivity index (χ3v) is 6.54. The topological polar surface area (TPSA) is 6.48 Å². The highest BCUT2D eigenvalue weighted by atomic mass is 19.1. The summed E-state index contributed by atoms with van der Waals surface area (Å²) in [5.74, 6) is 0.389. The lowest BCUT2D eigenvalue weighted by Gasteiger charge is -2.29. The first-order valence-corrected chi connectivity index (χ1v) is 13.2. The zero-order chi connectivity index (χ0) is 28.2. The smallest absolute Gasteiger partial charge is 0.123 e. The minimum absolute atomic E-state index is 0.00431. The van der Waals surface area contributed by atoms with Crippen LogP contribution in [0.3, 0.4) is 0 Å². The Bertz CT molecular complexity index is 1260. The Hall–Kier alpha value is -4.18. The normalized spacial score (nSPS) is 17.1. The summed E-state index contributed by atoms with van der Waals surface area (Å²) in [5, 5.41) is 0. The predicted octanol–water partition coefficient (Wildman–Crippen LogP) is 10.0. The summed E-state index contributed by atoms with van der Waals surface area (Å²) in [7, 11) is 0. The molecule has 0 bridgehead atoms. The van der Waals surface area contributed by atoms with E-state index in [4.69, 9.17) is 0 Å². The van der Waals surface area contributed by atoms with E-state index in [1.54, 1.807) is 30.5 Å². The fraction of sp³-hybridized carbons (Fsp3) is 0.200. The molecule has 0 fully saturated rings. The molecule has 0 saturated carbocycles. The van der Waals surface area contributed by atoms with Crippen molar-refractivity contribution in [2.24, 2.45) is 5.92 Å². The van der Waals surface area contributed by atoms with E-state index in [9.17, 15) is 8.78 Å². The van der Waals surface area contributed by atoms with Crippen molar-refractivity contribution in [3.63, 3.8) is 0 Å².